The number of carbonyl (C=O) groups excluding carboxylic acids is 1. The highest BCUT2D eigenvalue weighted by Crippen LogP contribution is 2.55. The Morgan fingerprint density at radius 3 is 2.12 bits per heavy atom. The van der Waals surface area contributed by atoms with Gasteiger partial charge in [0.15, 0.2) is 0 Å². The molecule has 1 atom stereocenters. The van der Waals surface area contributed by atoms with Gasteiger partial charge in [0.05, 0.1) is 21.0 Å². The van der Waals surface area contributed by atoms with E-state index in [4.69, 9.17) is 17.3 Å². The fraction of sp³-hybridized carbons (Fsp3) is 0.308. The molecule has 0 radical (unpaired) electrons. The number of halogens is 1. The Morgan fingerprint density at radius 2 is 1.60 bits per heavy atom. The summed E-state index contributed by atoms with van der Waals surface area (Å²) in [6, 6.07) is 0. The zero-order valence-corrected chi connectivity index (χ0v) is 17.3. The van der Waals surface area contributed by atoms with Gasteiger partial charge in [0, 0.05) is 16.2 Å². The van der Waals surface area contributed by atoms with Crippen molar-refractivity contribution in [2.24, 2.45) is 5.73 Å². The quantitative estimate of drug-likeness (QED) is 0.497. The van der Waals surface area contributed by atoms with Gasteiger partial charge in [-0.15, -0.1) is 0 Å². The number of aromatic nitrogens is 1. The monoisotopic (exact) mass is 344 g/mol. The minimum absolute atomic E-state index is 0.0867. The van der Waals surface area contributed by atoms with Crippen LogP contribution in [-0.2, 0) is 15.3 Å². The van der Waals surface area contributed by atoms with Gasteiger partial charge in [0.2, 0.25) is 5.91 Å². The second kappa shape index (κ2) is 5.28. The average Bonchev–Trinajstić information content (AvgIpc) is 2.91. The van der Waals surface area contributed by atoms with E-state index in [2.05, 4.69) is 52.1 Å². The fourth-order valence-electron chi connectivity index (χ4n) is 4.68. The molecule has 1 aromatic carbocycles. The van der Waals surface area contributed by atoms with E-state index in [-0.39, 0.29) is 16.3 Å². The van der Waals surface area contributed by atoms with Crippen LogP contribution in [0.1, 0.15) is 17.7 Å². The van der Waals surface area contributed by atoms with Crippen molar-refractivity contribution in [3.63, 3.8) is 0 Å². The van der Waals surface area contributed by atoms with Crippen LogP contribution >= 0.6 is 11.6 Å². The molecule has 120 valence electrons. The topological polar surface area (TPSA) is 58.9 Å². The Morgan fingerprint density at radius 1 is 1.04 bits per heavy atom. The largest absolute Gasteiger partial charge is 0.369 e. The number of fused-ring (bicyclic) bond motifs is 3. The number of aromatic amines is 1. The SMILES string of the molecule is Bc1c(Cl)c(B)c2c3c([nH]c2c1B)C(B)(C(N)=O)CC(B)(B)C3(B)B. The number of nitrogens with one attached hydrogen (secondary N) is 1. The minimum atomic E-state index is -0.716. The van der Waals surface area contributed by atoms with Gasteiger partial charge in [-0.1, -0.05) is 38.4 Å². The van der Waals surface area contributed by atoms with Crippen molar-refractivity contribution in [1.82, 2.24) is 4.98 Å². The van der Waals surface area contributed by atoms with Crippen LogP contribution in [0.25, 0.3) is 10.9 Å². The molecule has 3 nitrogen and oxygen atoms in total. The fourth-order valence-corrected chi connectivity index (χ4v) is 4.92. The molecule has 1 aliphatic carbocycles. The maximum absolute atomic E-state index is 12.5. The molecule has 1 amide bonds. The lowest BCUT2D eigenvalue weighted by atomic mass is 9.23. The highest BCUT2D eigenvalue weighted by atomic mass is 35.5. The van der Waals surface area contributed by atoms with Crippen molar-refractivity contribution in [3.8, 4) is 0 Å². The summed E-state index contributed by atoms with van der Waals surface area (Å²) < 4.78 is 0. The molecule has 1 heterocycles. The van der Waals surface area contributed by atoms with Crippen LogP contribution in [0.2, 0.25) is 10.2 Å². The van der Waals surface area contributed by atoms with Crippen LogP contribution < -0.4 is 22.1 Å². The van der Waals surface area contributed by atoms with E-state index in [1.807, 2.05) is 15.7 Å². The first-order valence-corrected chi connectivity index (χ1v) is 9.27. The third-order valence-corrected chi connectivity index (χ3v) is 7.75. The third kappa shape index (κ3) is 2.20. The number of H-pyrrole nitrogens is 1. The molecule has 3 N–H and O–H groups in total. The molecule has 1 aromatic heterocycles. The molecule has 1 unspecified atom stereocenters. The summed E-state index contributed by atoms with van der Waals surface area (Å²) in [6.45, 7) is 0. The number of nitrogens with two attached hydrogens (primary N) is 1. The summed E-state index contributed by atoms with van der Waals surface area (Å²) in [5.74, 6) is -0.276. The van der Waals surface area contributed by atoms with E-state index in [1.54, 1.807) is 0 Å². The molecular weight excluding hydrogens is 322 g/mol. The lowest BCUT2D eigenvalue weighted by Gasteiger charge is -2.53. The van der Waals surface area contributed by atoms with E-state index in [1.165, 1.54) is 5.56 Å². The predicted molar refractivity (Wildman–Crippen MR) is 130 cm³/mol. The molecule has 25 heavy (non-hydrogen) atoms. The predicted octanol–water partition coefficient (Wildman–Crippen LogP) is -7.88. The molecule has 12 heteroatoms. The number of carbonyl (C=O) groups is 1. The van der Waals surface area contributed by atoms with E-state index < -0.39 is 5.31 Å². The van der Waals surface area contributed by atoms with Crippen LogP contribution in [-0.4, -0.2) is 73.7 Å². The van der Waals surface area contributed by atoms with Crippen LogP contribution in [0.5, 0.6) is 0 Å². The summed E-state index contributed by atoms with van der Waals surface area (Å²) in [5, 5.41) is 1.05. The van der Waals surface area contributed by atoms with Crippen LogP contribution in [0, 0.1) is 0 Å². The lowest BCUT2D eigenvalue weighted by Crippen LogP contribution is -2.57. The first-order valence-electron chi connectivity index (χ1n) is 8.89. The number of amides is 1. The normalized spacial score (nSPS) is 24.0. The minimum Gasteiger partial charge on any atom is -0.369 e. The molecule has 0 aliphatic heterocycles. The molecule has 0 saturated heterocycles. The van der Waals surface area contributed by atoms with Gasteiger partial charge in [-0.2, -0.15) is 0 Å². The van der Waals surface area contributed by atoms with Crippen molar-refractivity contribution in [2.75, 3.05) is 0 Å². The highest BCUT2D eigenvalue weighted by Gasteiger charge is 2.54. The van der Waals surface area contributed by atoms with Gasteiger partial charge >= 0.3 is 0 Å². The summed E-state index contributed by atoms with van der Waals surface area (Å²) >= 11 is 6.65. The summed E-state index contributed by atoms with van der Waals surface area (Å²) in [6.07, 6.45) is 0.715. The Labute approximate surface area is 161 Å². The second-order valence-corrected chi connectivity index (χ2v) is 9.57. The van der Waals surface area contributed by atoms with Crippen molar-refractivity contribution >= 4 is 108 Å². The van der Waals surface area contributed by atoms with Crippen LogP contribution in [0.3, 0.4) is 0 Å². The second-order valence-electron chi connectivity index (χ2n) is 9.20. The van der Waals surface area contributed by atoms with E-state index in [0.717, 1.165) is 38.0 Å². The Balaban J connectivity index is 2.60. The van der Waals surface area contributed by atoms with E-state index in [0.29, 0.717) is 6.42 Å². The van der Waals surface area contributed by atoms with Crippen molar-refractivity contribution < 1.29 is 4.79 Å². The van der Waals surface area contributed by atoms with Gasteiger partial charge in [0.1, 0.15) is 47.1 Å². The number of rotatable bonds is 1. The van der Waals surface area contributed by atoms with E-state index >= 15 is 0 Å². The maximum atomic E-state index is 12.5. The summed E-state index contributed by atoms with van der Waals surface area (Å²) in [4.78, 5) is 16.1. The van der Waals surface area contributed by atoms with Gasteiger partial charge in [0.25, 0.3) is 0 Å². The lowest BCUT2D eigenvalue weighted by molar-refractivity contribution is -0.121. The average molecular weight is 343 g/mol. The first-order chi connectivity index (χ1) is 11.3. The summed E-state index contributed by atoms with van der Waals surface area (Å²) in [5.41, 5.74) is 12.5. The van der Waals surface area contributed by atoms with Crippen molar-refractivity contribution in [2.45, 2.75) is 22.2 Å². The van der Waals surface area contributed by atoms with Crippen LogP contribution in [0.15, 0.2) is 0 Å². The first kappa shape index (κ1) is 18.8. The van der Waals surface area contributed by atoms with Gasteiger partial charge in [-0.25, -0.2) is 0 Å². The number of benzene rings is 1. The van der Waals surface area contributed by atoms with Gasteiger partial charge in [-0.05, 0) is 17.4 Å². The zero-order valence-electron chi connectivity index (χ0n) is 16.6. The Kier molecular flexibility index (Phi) is 3.97. The molecule has 0 spiro atoms. The maximum Gasteiger partial charge on any atom is 0.221 e. The van der Waals surface area contributed by atoms with Crippen LogP contribution in [0.4, 0.5) is 0 Å². The van der Waals surface area contributed by atoms with Gasteiger partial charge < -0.3 is 10.7 Å². The number of hydrogen-bond acceptors (Lipinski definition) is 1. The molecule has 0 fully saturated rings. The molecule has 1 aliphatic rings. The standard InChI is InChI=1S/C13H21B8ClN2O/c14-4-2-3-9(24-8(2)6(16)5(15)7(4)22)11(17,10(23)25)1-12(18,19)13(3,20)21/h24H,1,14-21H2,(H2,23,25). The third-order valence-electron chi connectivity index (χ3n) is 7.18. The van der Waals surface area contributed by atoms with E-state index in [9.17, 15) is 4.79 Å². The molecular formula is C13H21B8ClN2O. The van der Waals surface area contributed by atoms with Crippen molar-refractivity contribution in [3.05, 3.63) is 16.3 Å². The smallest absolute Gasteiger partial charge is 0.221 e. The Hall–Kier alpha value is -0.961. The molecule has 0 saturated carbocycles. The zero-order chi connectivity index (χ0) is 19.1. The summed E-state index contributed by atoms with van der Waals surface area (Å²) in [7, 11) is 17.2. The van der Waals surface area contributed by atoms with Gasteiger partial charge in [-0.3, -0.25) is 4.79 Å². The number of hydrogen-bond donors (Lipinski definition) is 2. The molecule has 3 rings (SSSR count). The molecule has 0 bridgehead atoms. The highest BCUT2D eigenvalue weighted by molar-refractivity contribution is 6.64. The molecule has 2 aromatic rings. The Bertz CT molecular complexity index is 940. The number of primary amides is 1. The van der Waals surface area contributed by atoms with Crippen molar-refractivity contribution in [1.29, 1.82) is 0 Å².